The highest BCUT2D eigenvalue weighted by atomic mass is 35.5. The number of rotatable bonds is 1. The van der Waals surface area contributed by atoms with Gasteiger partial charge >= 0.3 is 0 Å². The molecule has 2 aliphatic rings. The first-order valence-electron chi connectivity index (χ1n) is 6.57. The summed E-state index contributed by atoms with van der Waals surface area (Å²) in [7, 11) is 0. The lowest BCUT2D eigenvalue weighted by molar-refractivity contribution is 0.0716. The van der Waals surface area contributed by atoms with E-state index < -0.39 is 0 Å². The molecule has 0 spiro atoms. The molecular formula is C14H16ClNO3. The van der Waals surface area contributed by atoms with Crippen molar-refractivity contribution < 1.29 is 14.3 Å². The molecule has 0 unspecified atom stereocenters. The van der Waals surface area contributed by atoms with Crippen LogP contribution < -0.4 is 9.47 Å². The third-order valence-electron chi connectivity index (χ3n) is 3.51. The molecular weight excluding hydrogens is 266 g/mol. The summed E-state index contributed by atoms with van der Waals surface area (Å²) in [5, 5.41) is 0.188. The minimum atomic E-state index is 0.00548. The fraction of sp³-hybridized carbons (Fsp3) is 0.500. The Balaban J connectivity index is 1.83. The molecule has 0 radical (unpaired) electrons. The fourth-order valence-electron chi connectivity index (χ4n) is 2.46. The van der Waals surface area contributed by atoms with Gasteiger partial charge < -0.3 is 14.4 Å². The van der Waals surface area contributed by atoms with Crippen LogP contribution in [0.4, 0.5) is 0 Å². The zero-order valence-corrected chi connectivity index (χ0v) is 11.4. The van der Waals surface area contributed by atoms with Crippen LogP contribution in [0.15, 0.2) is 18.2 Å². The summed E-state index contributed by atoms with van der Waals surface area (Å²) >= 11 is 6.07. The summed E-state index contributed by atoms with van der Waals surface area (Å²) in [6, 6.07) is 5.45. The first-order chi connectivity index (χ1) is 9.25. The molecule has 2 heterocycles. The number of fused-ring (bicyclic) bond motifs is 1. The number of hydrogen-bond acceptors (Lipinski definition) is 3. The van der Waals surface area contributed by atoms with Crippen LogP contribution in [0.25, 0.3) is 0 Å². The van der Waals surface area contributed by atoms with E-state index in [0.29, 0.717) is 43.4 Å². The second-order valence-electron chi connectivity index (χ2n) is 4.80. The van der Waals surface area contributed by atoms with Crippen molar-refractivity contribution in [2.45, 2.75) is 18.2 Å². The average molecular weight is 282 g/mol. The van der Waals surface area contributed by atoms with Gasteiger partial charge in [0, 0.05) is 18.5 Å². The lowest BCUT2D eigenvalue weighted by Crippen LogP contribution is -2.39. The standard InChI is InChI=1S/C14H16ClNO3/c15-10-4-6-16(7-5-10)14(17)11-2-1-3-12-13(11)19-9-8-18-12/h1-3,10H,4-9H2. The van der Waals surface area contributed by atoms with Crippen molar-refractivity contribution in [1.29, 1.82) is 0 Å². The number of nitrogens with zero attached hydrogens (tertiary/aromatic N) is 1. The second kappa shape index (κ2) is 5.29. The molecule has 4 nitrogen and oxygen atoms in total. The summed E-state index contributed by atoms with van der Waals surface area (Å²) in [6.45, 7) is 2.43. The van der Waals surface area contributed by atoms with Crippen LogP contribution in [0.5, 0.6) is 11.5 Å². The van der Waals surface area contributed by atoms with Crippen LogP contribution in [0.1, 0.15) is 23.2 Å². The van der Waals surface area contributed by atoms with E-state index in [4.69, 9.17) is 21.1 Å². The molecule has 5 heteroatoms. The minimum absolute atomic E-state index is 0.00548. The summed E-state index contributed by atoms with van der Waals surface area (Å²) in [5.41, 5.74) is 0.588. The quantitative estimate of drug-likeness (QED) is 0.742. The first kappa shape index (κ1) is 12.6. The number of para-hydroxylation sites is 1. The molecule has 1 fully saturated rings. The van der Waals surface area contributed by atoms with Crippen LogP contribution in [0.3, 0.4) is 0 Å². The smallest absolute Gasteiger partial charge is 0.257 e. The third-order valence-corrected chi connectivity index (χ3v) is 3.94. The number of carbonyl (C=O) groups excluding carboxylic acids is 1. The van der Waals surface area contributed by atoms with E-state index in [1.54, 1.807) is 6.07 Å². The molecule has 102 valence electrons. The number of piperidine rings is 1. The van der Waals surface area contributed by atoms with Gasteiger partial charge in [-0.05, 0) is 25.0 Å². The summed E-state index contributed by atoms with van der Waals surface area (Å²) in [4.78, 5) is 14.4. The maximum atomic E-state index is 12.5. The Kier molecular flexibility index (Phi) is 3.51. The van der Waals surface area contributed by atoms with Gasteiger partial charge in [-0.3, -0.25) is 4.79 Å². The first-order valence-corrected chi connectivity index (χ1v) is 7.01. The van der Waals surface area contributed by atoms with Crippen molar-refractivity contribution >= 4 is 17.5 Å². The van der Waals surface area contributed by atoms with Crippen molar-refractivity contribution in [1.82, 2.24) is 4.90 Å². The van der Waals surface area contributed by atoms with Gasteiger partial charge in [0.1, 0.15) is 13.2 Å². The maximum Gasteiger partial charge on any atom is 0.257 e. The van der Waals surface area contributed by atoms with Crippen LogP contribution >= 0.6 is 11.6 Å². The lowest BCUT2D eigenvalue weighted by atomic mass is 10.1. The molecule has 0 N–H and O–H groups in total. The minimum Gasteiger partial charge on any atom is -0.486 e. The van der Waals surface area contributed by atoms with Gasteiger partial charge in [0.25, 0.3) is 5.91 Å². The summed E-state index contributed by atoms with van der Waals surface area (Å²) in [6.07, 6.45) is 1.69. The Morgan fingerprint density at radius 2 is 1.95 bits per heavy atom. The maximum absolute atomic E-state index is 12.5. The Hall–Kier alpha value is -1.42. The van der Waals surface area contributed by atoms with Gasteiger partial charge in [0.05, 0.1) is 5.56 Å². The van der Waals surface area contributed by atoms with E-state index in [-0.39, 0.29) is 11.3 Å². The SMILES string of the molecule is O=C(c1cccc2c1OCCO2)N1CCC(Cl)CC1. The number of alkyl halides is 1. The number of likely N-dealkylation sites (tertiary alicyclic amines) is 1. The lowest BCUT2D eigenvalue weighted by Gasteiger charge is -2.30. The zero-order chi connectivity index (χ0) is 13.2. The molecule has 0 aromatic heterocycles. The van der Waals surface area contributed by atoms with Gasteiger partial charge in [-0.2, -0.15) is 0 Å². The molecule has 0 bridgehead atoms. The highest BCUT2D eigenvalue weighted by molar-refractivity contribution is 6.20. The summed E-state index contributed by atoms with van der Waals surface area (Å²) < 4.78 is 11.1. The fourth-order valence-corrected chi connectivity index (χ4v) is 2.66. The molecule has 0 saturated carbocycles. The second-order valence-corrected chi connectivity index (χ2v) is 5.41. The highest BCUT2D eigenvalue weighted by Crippen LogP contribution is 2.34. The Morgan fingerprint density at radius 1 is 1.21 bits per heavy atom. The Labute approximate surface area is 117 Å². The van der Waals surface area contributed by atoms with Gasteiger partial charge in [0.15, 0.2) is 11.5 Å². The molecule has 19 heavy (non-hydrogen) atoms. The molecule has 1 aromatic carbocycles. The van der Waals surface area contributed by atoms with Crippen molar-refractivity contribution in [2.75, 3.05) is 26.3 Å². The van der Waals surface area contributed by atoms with Crippen LogP contribution in [-0.2, 0) is 0 Å². The van der Waals surface area contributed by atoms with Crippen LogP contribution in [-0.4, -0.2) is 42.5 Å². The number of ether oxygens (including phenoxy) is 2. The van der Waals surface area contributed by atoms with E-state index in [2.05, 4.69) is 0 Å². The number of benzene rings is 1. The van der Waals surface area contributed by atoms with Crippen molar-refractivity contribution in [3.8, 4) is 11.5 Å². The number of hydrogen-bond donors (Lipinski definition) is 0. The van der Waals surface area contributed by atoms with Gasteiger partial charge in [-0.25, -0.2) is 0 Å². The average Bonchev–Trinajstić information content (AvgIpc) is 2.47. The van der Waals surface area contributed by atoms with Crippen molar-refractivity contribution in [3.05, 3.63) is 23.8 Å². The van der Waals surface area contributed by atoms with E-state index in [9.17, 15) is 4.79 Å². The predicted molar refractivity (Wildman–Crippen MR) is 72.2 cm³/mol. The molecule has 1 aromatic rings. The number of carbonyl (C=O) groups is 1. The van der Waals surface area contributed by atoms with Crippen LogP contribution in [0.2, 0.25) is 0 Å². The normalized spacial score (nSPS) is 19.3. The van der Waals surface area contributed by atoms with Crippen LogP contribution in [0, 0.1) is 0 Å². The Bertz CT molecular complexity index is 484. The van der Waals surface area contributed by atoms with Crippen molar-refractivity contribution in [3.63, 3.8) is 0 Å². The molecule has 1 saturated heterocycles. The monoisotopic (exact) mass is 281 g/mol. The topological polar surface area (TPSA) is 38.8 Å². The van der Waals surface area contributed by atoms with Crippen molar-refractivity contribution in [2.24, 2.45) is 0 Å². The predicted octanol–water partition coefficient (Wildman–Crippen LogP) is 2.30. The highest BCUT2D eigenvalue weighted by Gasteiger charge is 2.27. The zero-order valence-electron chi connectivity index (χ0n) is 10.6. The summed E-state index contributed by atoms with van der Waals surface area (Å²) in [5.74, 6) is 1.24. The van der Waals surface area contributed by atoms with E-state index >= 15 is 0 Å². The van der Waals surface area contributed by atoms with E-state index in [0.717, 1.165) is 12.8 Å². The van der Waals surface area contributed by atoms with E-state index in [1.807, 2.05) is 17.0 Å². The molecule has 0 aliphatic carbocycles. The third kappa shape index (κ3) is 2.50. The Morgan fingerprint density at radius 3 is 2.74 bits per heavy atom. The molecule has 0 atom stereocenters. The number of halogens is 1. The largest absolute Gasteiger partial charge is 0.486 e. The van der Waals surface area contributed by atoms with Gasteiger partial charge in [-0.15, -0.1) is 11.6 Å². The molecule has 2 aliphatic heterocycles. The molecule has 1 amide bonds. The van der Waals surface area contributed by atoms with Gasteiger partial charge in [0.2, 0.25) is 0 Å². The number of amides is 1. The molecule has 3 rings (SSSR count). The van der Waals surface area contributed by atoms with E-state index in [1.165, 1.54) is 0 Å². The van der Waals surface area contributed by atoms with Gasteiger partial charge in [-0.1, -0.05) is 6.07 Å².